The van der Waals surface area contributed by atoms with Gasteiger partial charge in [0.25, 0.3) is 0 Å². The second kappa shape index (κ2) is 9.79. The minimum Gasteiger partial charge on any atom is -0.392 e. The Labute approximate surface area is 207 Å². The van der Waals surface area contributed by atoms with Crippen molar-refractivity contribution < 1.29 is 15.0 Å². The number of ketones is 1. The third-order valence-electron chi connectivity index (χ3n) is 7.58. The Morgan fingerprint density at radius 1 is 0.857 bits per heavy atom. The Kier molecular flexibility index (Phi) is 6.58. The van der Waals surface area contributed by atoms with Gasteiger partial charge in [0, 0.05) is 43.5 Å². The van der Waals surface area contributed by atoms with Crippen molar-refractivity contribution in [3.05, 3.63) is 108 Å². The Morgan fingerprint density at radius 2 is 1.46 bits per heavy atom. The minimum absolute atomic E-state index is 0.0890. The maximum atomic E-state index is 13.2. The largest absolute Gasteiger partial charge is 0.392 e. The first-order valence-electron chi connectivity index (χ1n) is 12.2. The molecule has 0 amide bonds. The summed E-state index contributed by atoms with van der Waals surface area (Å²) in [5, 5.41) is 23.4. The van der Waals surface area contributed by atoms with Crippen LogP contribution in [0.5, 0.6) is 0 Å². The molecule has 1 aliphatic heterocycles. The molecule has 2 bridgehead atoms. The SMILES string of the molecule is O=C1CC2(Cc3ccccc3)CN(Cc3ccccc3)CC([C@@H](O)C#Cc3ccccc3)(C1)C2O. The Bertz CT molecular complexity index is 1220. The highest BCUT2D eigenvalue weighted by molar-refractivity contribution is 5.82. The molecule has 4 atom stereocenters. The number of aliphatic hydroxyl groups is 2. The number of piperidine rings is 1. The molecule has 1 aliphatic carbocycles. The molecule has 1 saturated heterocycles. The standard InChI is InChI=1S/C31H31NO3/c33-27-19-30(18-25-12-6-2-7-13-25)22-32(21-26-14-8-3-9-15-26)23-31(20-27,29(30)35)28(34)17-16-24-10-4-1-5-11-24/h1-15,28-29,34-35H,18-23H2/t28-,29?,30?,31?/m0/s1. The minimum atomic E-state index is -1.13. The number of Topliss-reactive ketones (excluding diaryl/α,β-unsaturated/α-hetero) is 1. The van der Waals surface area contributed by atoms with Gasteiger partial charge in [-0.1, -0.05) is 90.7 Å². The summed E-state index contributed by atoms with van der Waals surface area (Å²) in [6, 6.07) is 29.8. The van der Waals surface area contributed by atoms with Crippen molar-refractivity contribution in [3.8, 4) is 11.8 Å². The maximum absolute atomic E-state index is 13.2. The molecule has 2 fully saturated rings. The normalized spacial score (nSPS) is 27.0. The molecule has 2 N–H and O–H groups in total. The van der Waals surface area contributed by atoms with Gasteiger partial charge < -0.3 is 10.2 Å². The average Bonchev–Trinajstić information content (AvgIpc) is 2.86. The number of likely N-dealkylation sites (tertiary alicyclic amines) is 1. The van der Waals surface area contributed by atoms with Crippen LogP contribution in [0.1, 0.15) is 29.5 Å². The summed E-state index contributed by atoms with van der Waals surface area (Å²) in [5.74, 6) is 6.15. The van der Waals surface area contributed by atoms with Gasteiger partial charge >= 0.3 is 0 Å². The Balaban J connectivity index is 1.54. The van der Waals surface area contributed by atoms with Crippen LogP contribution in [-0.4, -0.2) is 46.2 Å². The first kappa shape index (κ1) is 23.5. The van der Waals surface area contributed by atoms with Crippen molar-refractivity contribution in [2.24, 2.45) is 10.8 Å². The zero-order valence-corrected chi connectivity index (χ0v) is 19.8. The molecule has 0 spiro atoms. The molecule has 1 heterocycles. The zero-order valence-electron chi connectivity index (χ0n) is 19.8. The summed E-state index contributed by atoms with van der Waals surface area (Å²) in [6.07, 6.45) is -0.974. The molecule has 3 aromatic rings. The van der Waals surface area contributed by atoms with Crippen LogP contribution in [-0.2, 0) is 17.8 Å². The molecule has 35 heavy (non-hydrogen) atoms. The van der Waals surface area contributed by atoms with Crippen molar-refractivity contribution in [2.45, 2.75) is 38.0 Å². The highest BCUT2D eigenvalue weighted by atomic mass is 16.3. The predicted octanol–water partition coefficient (Wildman–Crippen LogP) is 3.85. The van der Waals surface area contributed by atoms with Crippen LogP contribution in [0, 0.1) is 22.7 Å². The van der Waals surface area contributed by atoms with Crippen LogP contribution >= 0.6 is 0 Å². The fraction of sp³-hybridized carbons (Fsp3) is 0.323. The average molecular weight is 466 g/mol. The molecular weight excluding hydrogens is 434 g/mol. The van der Waals surface area contributed by atoms with E-state index in [4.69, 9.17) is 0 Å². The van der Waals surface area contributed by atoms with E-state index in [1.807, 2.05) is 78.9 Å². The summed E-state index contributed by atoms with van der Waals surface area (Å²) in [7, 11) is 0. The van der Waals surface area contributed by atoms with Crippen LogP contribution in [0.3, 0.4) is 0 Å². The van der Waals surface area contributed by atoms with Crippen molar-refractivity contribution in [3.63, 3.8) is 0 Å². The first-order chi connectivity index (χ1) is 17.0. The number of fused-ring (bicyclic) bond motifs is 2. The molecule has 4 heteroatoms. The number of benzene rings is 3. The summed E-state index contributed by atoms with van der Waals surface area (Å²) in [5.41, 5.74) is 1.33. The Hall–Kier alpha value is -3.23. The first-order valence-corrected chi connectivity index (χ1v) is 12.2. The fourth-order valence-electron chi connectivity index (χ4n) is 6.15. The Morgan fingerprint density at radius 3 is 2.11 bits per heavy atom. The number of carbonyl (C=O) groups excluding carboxylic acids is 1. The lowest BCUT2D eigenvalue weighted by Gasteiger charge is -2.59. The van der Waals surface area contributed by atoms with Gasteiger partial charge in [0.15, 0.2) is 0 Å². The second-order valence-electron chi connectivity index (χ2n) is 10.2. The van der Waals surface area contributed by atoms with Crippen LogP contribution < -0.4 is 0 Å². The summed E-state index contributed by atoms with van der Waals surface area (Å²) in [6.45, 7) is 1.69. The van der Waals surface area contributed by atoms with E-state index in [1.54, 1.807) is 0 Å². The molecule has 4 nitrogen and oxygen atoms in total. The van der Waals surface area contributed by atoms with Gasteiger partial charge in [0.1, 0.15) is 11.9 Å². The van der Waals surface area contributed by atoms with E-state index in [9.17, 15) is 15.0 Å². The van der Waals surface area contributed by atoms with Crippen LogP contribution in [0.4, 0.5) is 0 Å². The topological polar surface area (TPSA) is 60.8 Å². The van der Waals surface area contributed by atoms with Gasteiger partial charge in [-0.3, -0.25) is 9.69 Å². The van der Waals surface area contributed by atoms with Crippen molar-refractivity contribution in [2.75, 3.05) is 13.1 Å². The van der Waals surface area contributed by atoms with E-state index >= 15 is 0 Å². The van der Waals surface area contributed by atoms with Gasteiger partial charge in [0.05, 0.1) is 11.5 Å². The number of hydrogen-bond donors (Lipinski definition) is 2. The smallest absolute Gasteiger partial charge is 0.134 e. The quantitative estimate of drug-likeness (QED) is 0.562. The van der Waals surface area contributed by atoms with Crippen molar-refractivity contribution >= 4 is 5.78 Å². The van der Waals surface area contributed by atoms with Crippen LogP contribution in [0.2, 0.25) is 0 Å². The third kappa shape index (κ3) is 4.81. The van der Waals surface area contributed by atoms with E-state index in [1.165, 1.54) is 5.56 Å². The molecule has 5 rings (SSSR count). The molecule has 2 aliphatic rings. The number of hydrogen-bond acceptors (Lipinski definition) is 4. The molecular formula is C31H31NO3. The highest BCUT2D eigenvalue weighted by Gasteiger charge is 2.62. The number of nitrogens with zero attached hydrogens (tertiary/aromatic N) is 1. The summed E-state index contributed by atoms with van der Waals surface area (Å²) < 4.78 is 0. The lowest BCUT2D eigenvalue weighted by atomic mass is 9.53. The number of carbonyl (C=O) groups is 1. The van der Waals surface area contributed by atoms with E-state index in [0.717, 1.165) is 11.1 Å². The van der Waals surface area contributed by atoms with Crippen molar-refractivity contribution in [1.29, 1.82) is 0 Å². The molecule has 178 valence electrons. The predicted molar refractivity (Wildman–Crippen MR) is 136 cm³/mol. The van der Waals surface area contributed by atoms with Gasteiger partial charge in [-0.2, -0.15) is 0 Å². The number of rotatable bonds is 5. The summed E-state index contributed by atoms with van der Waals surface area (Å²) in [4.78, 5) is 15.5. The monoisotopic (exact) mass is 465 g/mol. The lowest BCUT2D eigenvalue weighted by molar-refractivity contribution is -0.197. The lowest BCUT2D eigenvalue weighted by Crippen LogP contribution is -2.69. The molecule has 0 radical (unpaired) electrons. The van der Waals surface area contributed by atoms with Gasteiger partial charge in [-0.05, 0) is 29.7 Å². The highest BCUT2D eigenvalue weighted by Crippen LogP contribution is 2.53. The second-order valence-corrected chi connectivity index (χ2v) is 10.2. The molecule has 0 aromatic heterocycles. The van der Waals surface area contributed by atoms with Gasteiger partial charge in [0.2, 0.25) is 0 Å². The summed E-state index contributed by atoms with van der Waals surface area (Å²) >= 11 is 0. The van der Waals surface area contributed by atoms with Crippen molar-refractivity contribution in [1.82, 2.24) is 4.90 Å². The fourth-order valence-corrected chi connectivity index (χ4v) is 6.15. The van der Waals surface area contributed by atoms with E-state index in [-0.39, 0.29) is 12.2 Å². The molecule has 3 unspecified atom stereocenters. The van der Waals surface area contributed by atoms with E-state index in [2.05, 4.69) is 28.9 Å². The van der Waals surface area contributed by atoms with Crippen LogP contribution in [0.25, 0.3) is 0 Å². The number of aliphatic hydroxyl groups excluding tert-OH is 2. The third-order valence-corrected chi connectivity index (χ3v) is 7.58. The van der Waals surface area contributed by atoms with Gasteiger partial charge in [-0.15, -0.1) is 0 Å². The zero-order chi connectivity index (χ0) is 24.3. The van der Waals surface area contributed by atoms with E-state index in [0.29, 0.717) is 32.5 Å². The molecule has 3 aromatic carbocycles. The molecule has 1 saturated carbocycles. The van der Waals surface area contributed by atoms with Crippen LogP contribution in [0.15, 0.2) is 91.0 Å². The maximum Gasteiger partial charge on any atom is 0.134 e. The van der Waals surface area contributed by atoms with Gasteiger partial charge in [-0.25, -0.2) is 0 Å². The van der Waals surface area contributed by atoms with E-state index < -0.39 is 23.0 Å².